The van der Waals surface area contributed by atoms with Crippen LogP contribution in [0.3, 0.4) is 0 Å². The summed E-state index contributed by atoms with van der Waals surface area (Å²) < 4.78 is 6.24. The van der Waals surface area contributed by atoms with E-state index in [4.69, 9.17) is 10.00 Å². The summed E-state index contributed by atoms with van der Waals surface area (Å²) >= 11 is 0. The number of hydrogen-bond acceptors (Lipinski definition) is 2. The molecule has 2 nitrogen and oxygen atoms in total. The van der Waals surface area contributed by atoms with E-state index in [0.29, 0.717) is 5.92 Å². The highest BCUT2D eigenvalue weighted by Crippen LogP contribution is 2.42. The third-order valence-electron chi connectivity index (χ3n) is 5.30. The monoisotopic (exact) mass is 297 g/mol. The van der Waals surface area contributed by atoms with Crippen LogP contribution in [0.1, 0.15) is 69.4 Å². The summed E-state index contributed by atoms with van der Waals surface area (Å²) in [6.07, 6.45) is 8.87. The van der Waals surface area contributed by atoms with Crippen LogP contribution in [0.2, 0.25) is 0 Å². The first-order valence-corrected chi connectivity index (χ1v) is 8.45. The summed E-state index contributed by atoms with van der Waals surface area (Å²) in [6, 6.07) is 8.11. The molecule has 0 amide bonds. The first-order chi connectivity index (χ1) is 10.7. The van der Waals surface area contributed by atoms with Crippen molar-refractivity contribution in [2.75, 3.05) is 6.61 Å². The van der Waals surface area contributed by atoms with Gasteiger partial charge in [0, 0.05) is 5.41 Å². The van der Waals surface area contributed by atoms with Crippen LogP contribution in [-0.4, -0.2) is 6.61 Å². The van der Waals surface area contributed by atoms with Crippen molar-refractivity contribution in [2.45, 2.75) is 58.3 Å². The van der Waals surface area contributed by atoms with E-state index in [1.165, 1.54) is 24.8 Å². The third kappa shape index (κ3) is 3.53. The molecule has 0 aliphatic heterocycles. The lowest BCUT2D eigenvalue weighted by atomic mass is 9.78. The van der Waals surface area contributed by atoms with Crippen LogP contribution in [-0.2, 0) is 0 Å². The standard InChI is InChI=1S/C20H27NO/c1-4-12-20(5-2,6-3)15-22-19-11-10-16(14-21)13-18(19)17-8-7-9-17/h4,10-11,13,17H,1,5-9,12,15H2,2-3H3. The number of hydrogen-bond donors (Lipinski definition) is 0. The number of nitriles is 1. The predicted molar refractivity (Wildman–Crippen MR) is 91.1 cm³/mol. The van der Waals surface area contributed by atoms with E-state index in [-0.39, 0.29) is 5.41 Å². The predicted octanol–water partition coefficient (Wildman–Crippen LogP) is 5.59. The van der Waals surface area contributed by atoms with Crippen LogP contribution in [0.15, 0.2) is 30.9 Å². The van der Waals surface area contributed by atoms with E-state index in [1.807, 2.05) is 24.3 Å². The number of allylic oxidation sites excluding steroid dienone is 1. The quantitative estimate of drug-likeness (QED) is 0.586. The highest BCUT2D eigenvalue weighted by Gasteiger charge is 2.28. The second kappa shape index (κ2) is 7.49. The summed E-state index contributed by atoms with van der Waals surface area (Å²) in [5.74, 6) is 1.54. The molecule has 22 heavy (non-hydrogen) atoms. The fourth-order valence-electron chi connectivity index (χ4n) is 3.13. The minimum atomic E-state index is 0.173. The van der Waals surface area contributed by atoms with Crippen molar-refractivity contribution in [1.29, 1.82) is 5.26 Å². The van der Waals surface area contributed by atoms with Gasteiger partial charge >= 0.3 is 0 Å². The Bertz CT molecular complexity index is 547. The van der Waals surface area contributed by atoms with E-state index in [1.54, 1.807) is 0 Å². The molecule has 1 fully saturated rings. The molecule has 1 aromatic rings. The minimum Gasteiger partial charge on any atom is -0.493 e. The molecule has 0 saturated heterocycles. The molecule has 118 valence electrons. The maximum absolute atomic E-state index is 9.13. The Morgan fingerprint density at radius 2 is 2.09 bits per heavy atom. The Hall–Kier alpha value is -1.75. The van der Waals surface area contributed by atoms with Crippen molar-refractivity contribution in [1.82, 2.24) is 0 Å². The molecule has 1 aromatic carbocycles. The van der Waals surface area contributed by atoms with Gasteiger partial charge in [-0.05, 0) is 61.8 Å². The van der Waals surface area contributed by atoms with Crippen molar-refractivity contribution in [2.24, 2.45) is 5.41 Å². The van der Waals surface area contributed by atoms with Gasteiger partial charge in [0.25, 0.3) is 0 Å². The van der Waals surface area contributed by atoms with Crippen LogP contribution in [0.4, 0.5) is 0 Å². The van der Waals surface area contributed by atoms with E-state index in [2.05, 4.69) is 26.5 Å². The van der Waals surface area contributed by atoms with E-state index >= 15 is 0 Å². The van der Waals surface area contributed by atoms with E-state index in [0.717, 1.165) is 37.2 Å². The molecule has 0 spiro atoms. The number of ether oxygens (including phenoxy) is 1. The Morgan fingerprint density at radius 1 is 1.36 bits per heavy atom. The van der Waals surface area contributed by atoms with Crippen molar-refractivity contribution < 1.29 is 4.74 Å². The Balaban J connectivity index is 2.18. The second-order valence-corrected chi connectivity index (χ2v) is 6.48. The van der Waals surface area contributed by atoms with Crippen LogP contribution >= 0.6 is 0 Å². The van der Waals surface area contributed by atoms with Gasteiger partial charge in [0.2, 0.25) is 0 Å². The van der Waals surface area contributed by atoms with Gasteiger partial charge in [0.05, 0.1) is 18.2 Å². The summed E-state index contributed by atoms with van der Waals surface area (Å²) in [5.41, 5.74) is 2.13. The van der Waals surface area contributed by atoms with Gasteiger partial charge in [-0.1, -0.05) is 26.3 Å². The summed E-state index contributed by atoms with van der Waals surface area (Å²) in [6.45, 7) is 9.06. The molecule has 0 bridgehead atoms. The normalized spacial score (nSPS) is 15.0. The summed E-state index contributed by atoms with van der Waals surface area (Å²) in [7, 11) is 0. The molecule has 1 saturated carbocycles. The first-order valence-electron chi connectivity index (χ1n) is 8.45. The Morgan fingerprint density at radius 3 is 2.59 bits per heavy atom. The molecule has 0 unspecified atom stereocenters. The van der Waals surface area contributed by atoms with Gasteiger partial charge in [0.1, 0.15) is 5.75 Å². The molecule has 2 rings (SSSR count). The van der Waals surface area contributed by atoms with Gasteiger partial charge in [-0.2, -0.15) is 5.26 Å². The maximum Gasteiger partial charge on any atom is 0.122 e. The smallest absolute Gasteiger partial charge is 0.122 e. The van der Waals surface area contributed by atoms with Crippen LogP contribution in [0, 0.1) is 16.7 Å². The van der Waals surface area contributed by atoms with E-state index < -0.39 is 0 Å². The molecule has 0 N–H and O–H groups in total. The number of nitrogens with zero attached hydrogens (tertiary/aromatic N) is 1. The molecule has 0 radical (unpaired) electrons. The van der Waals surface area contributed by atoms with E-state index in [9.17, 15) is 0 Å². The average molecular weight is 297 g/mol. The molecular weight excluding hydrogens is 270 g/mol. The minimum absolute atomic E-state index is 0.173. The fourth-order valence-corrected chi connectivity index (χ4v) is 3.13. The zero-order valence-corrected chi connectivity index (χ0v) is 13.9. The van der Waals surface area contributed by atoms with Crippen molar-refractivity contribution >= 4 is 0 Å². The van der Waals surface area contributed by atoms with Crippen LogP contribution in [0.25, 0.3) is 0 Å². The number of rotatable bonds is 8. The highest BCUT2D eigenvalue weighted by atomic mass is 16.5. The lowest BCUT2D eigenvalue weighted by Crippen LogP contribution is -2.27. The number of benzene rings is 1. The lowest BCUT2D eigenvalue weighted by molar-refractivity contribution is 0.133. The SMILES string of the molecule is C=CCC(CC)(CC)COc1ccc(C#N)cc1C1CCC1. The molecule has 1 aliphatic rings. The van der Waals surface area contributed by atoms with Gasteiger partial charge < -0.3 is 4.74 Å². The van der Waals surface area contributed by atoms with Crippen molar-refractivity contribution in [3.05, 3.63) is 42.0 Å². The zero-order chi connectivity index (χ0) is 16.0. The van der Waals surface area contributed by atoms with Gasteiger partial charge in [-0.15, -0.1) is 6.58 Å². The average Bonchev–Trinajstić information content (AvgIpc) is 2.50. The van der Waals surface area contributed by atoms with Crippen LogP contribution in [0.5, 0.6) is 5.75 Å². The summed E-state index contributed by atoms with van der Waals surface area (Å²) in [5, 5.41) is 9.13. The third-order valence-corrected chi connectivity index (χ3v) is 5.30. The zero-order valence-electron chi connectivity index (χ0n) is 13.9. The largest absolute Gasteiger partial charge is 0.493 e. The second-order valence-electron chi connectivity index (χ2n) is 6.48. The molecule has 1 aliphatic carbocycles. The van der Waals surface area contributed by atoms with Gasteiger partial charge in [-0.3, -0.25) is 0 Å². The molecular formula is C20H27NO. The van der Waals surface area contributed by atoms with Gasteiger partial charge in [-0.25, -0.2) is 0 Å². The molecule has 2 heteroatoms. The lowest BCUT2D eigenvalue weighted by Gasteiger charge is -2.32. The van der Waals surface area contributed by atoms with Crippen LogP contribution < -0.4 is 4.74 Å². The maximum atomic E-state index is 9.13. The molecule has 0 heterocycles. The Kier molecular flexibility index (Phi) is 5.66. The molecule has 0 aromatic heterocycles. The Labute approximate surface area is 134 Å². The topological polar surface area (TPSA) is 33.0 Å². The molecule has 0 atom stereocenters. The highest BCUT2D eigenvalue weighted by molar-refractivity contribution is 5.44. The van der Waals surface area contributed by atoms with Crippen molar-refractivity contribution in [3.63, 3.8) is 0 Å². The fraction of sp³-hybridized carbons (Fsp3) is 0.550. The van der Waals surface area contributed by atoms with Gasteiger partial charge in [0.15, 0.2) is 0 Å². The summed E-state index contributed by atoms with van der Waals surface area (Å²) in [4.78, 5) is 0. The first kappa shape index (κ1) is 16.6. The van der Waals surface area contributed by atoms with Crippen molar-refractivity contribution in [3.8, 4) is 11.8 Å².